The Balaban J connectivity index is 0.000000281. The third-order valence-corrected chi connectivity index (χ3v) is 5.27. The van der Waals surface area contributed by atoms with Gasteiger partial charge in [-0.3, -0.25) is 0 Å². The molecule has 3 heterocycles. The number of hydrogen-bond donors (Lipinski definition) is 2. The Kier molecular flexibility index (Phi) is 9.98. The zero-order valence-electron chi connectivity index (χ0n) is 19.2. The number of nitrogens with one attached hydrogen (secondary N) is 1. The SMILES string of the molecule is CCOC.FC1(F)CCCCC1.NCc1cn2ncc(CN3C[C@@H](C(F)(F)F)NC3=O)cc2n1. The van der Waals surface area contributed by atoms with Gasteiger partial charge in [-0.2, -0.15) is 18.3 Å². The number of nitrogens with two attached hydrogens (primary N) is 1. The van der Waals surface area contributed by atoms with Gasteiger partial charge in [-0.25, -0.2) is 23.1 Å². The molecule has 2 fully saturated rings. The van der Waals surface area contributed by atoms with E-state index < -0.39 is 30.7 Å². The lowest BCUT2D eigenvalue weighted by Crippen LogP contribution is -2.40. The minimum Gasteiger partial charge on any atom is -0.385 e. The largest absolute Gasteiger partial charge is 0.410 e. The second kappa shape index (κ2) is 12.2. The van der Waals surface area contributed by atoms with E-state index in [0.29, 0.717) is 29.7 Å². The molecule has 0 bridgehead atoms. The first-order valence-electron chi connectivity index (χ1n) is 11.0. The van der Waals surface area contributed by atoms with Crippen LogP contribution in [0.15, 0.2) is 18.5 Å². The molecular weight excluding hydrogens is 463 g/mol. The van der Waals surface area contributed by atoms with Gasteiger partial charge in [-0.05, 0) is 31.4 Å². The number of amides is 2. The van der Waals surface area contributed by atoms with Crippen molar-refractivity contribution in [2.45, 2.75) is 70.3 Å². The molecule has 34 heavy (non-hydrogen) atoms. The summed E-state index contributed by atoms with van der Waals surface area (Å²) in [5, 5.41) is 6.02. The van der Waals surface area contributed by atoms with Crippen LogP contribution in [0.3, 0.4) is 0 Å². The highest BCUT2D eigenvalue weighted by atomic mass is 19.4. The second-order valence-corrected chi connectivity index (χ2v) is 8.02. The number of aromatic nitrogens is 3. The van der Waals surface area contributed by atoms with Crippen LogP contribution >= 0.6 is 0 Å². The van der Waals surface area contributed by atoms with Crippen molar-refractivity contribution < 1.29 is 31.5 Å². The number of hydrogen-bond acceptors (Lipinski definition) is 5. The van der Waals surface area contributed by atoms with Crippen LogP contribution < -0.4 is 11.1 Å². The third-order valence-electron chi connectivity index (χ3n) is 5.27. The highest BCUT2D eigenvalue weighted by Crippen LogP contribution is 2.32. The van der Waals surface area contributed by atoms with E-state index in [1.807, 2.05) is 12.2 Å². The smallest absolute Gasteiger partial charge is 0.385 e. The summed E-state index contributed by atoms with van der Waals surface area (Å²) in [5.41, 5.74) is 7.27. The molecule has 0 unspecified atom stereocenters. The Bertz CT molecular complexity index is 911. The van der Waals surface area contributed by atoms with Crippen molar-refractivity contribution in [1.29, 1.82) is 0 Å². The van der Waals surface area contributed by atoms with Crippen molar-refractivity contribution in [2.24, 2.45) is 5.73 Å². The van der Waals surface area contributed by atoms with Gasteiger partial charge >= 0.3 is 12.2 Å². The Hall–Kier alpha value is -2.54. The minimum atomic E-state index is -4.45. The molecular formula is C21H31F5N6O2. The molecule has 3 N–H and O–H groups in total. The first-order chi connectivity index (χ1) is 16.0. The third kappa shape index (κ3) is 8.35. The molecule has 2 aromatic heterocycles. The molecule has 2 amide bonds. The number of carbonyl (C=O) groups is 1. The number of rotatable bonds is 4. The van der Waals surface area contributed by atoms with Gasteiger partial charge in [0.2, 0.25) is 5.92 Å². The molecule has 2 aromatic rings. The number of fused-ring (bicyclic) bond motifs is 1. The van der Waals surface area contributed by atoms with Crippen LogP contribution in [0.2, 0.25) is 0 Å². The van der Waals surface area contributed by atoms with Crippen molar-refractivity contribution in [1.82, 2.24) is 24.8 Å². The molecule has 4 rings (SSSR count). The fraction of sp³-hybridized carbons (Fsp3) is 0.667. The van der Waals surface area contributed by atoms with E-state index in [1.165, 1.54) is 10.7 Å². The summed E-state index contributed by atoms with van der Waals surface area (Å²) >= 11 is 0. The molecule has 0 aromatic carbocycles. The number of carbonyl (C=O) groups excluding carboxylic acids is 1. The van der Waals surface area contributed by atoms with Gasteiger partial charge < -0.3 is 20.7 Å². The number of ether oxygens (including phenoxy) is 1. The molecule has 1 aliphatic heterocycles. The lowest BCUT2D eigenvalue weighted by molar-refractivity contribution is -0.149. The van der Waals surface area contributed by atoms with Crippen molar-refractivity contribution in [3.8, 4) is 0 Å². The maximum atomic E-state index is 12.6. The average molecular weight is 495 g/mol. The summed E-state index contributed by atoms with van der Waals surface area (Å²) in [6.45, 7) is 2.66. The molecule has 1 aliphatic carbocycles. The highest BCUT2D eigenvalue weighted by Gasteiger charge is 2.46. The molecule has 1 atom stereocenters. The monoisotopic (exact) mass is 494 g/mol. The van der Waals surface area contributed by atoms with E-state index in [-0.39, 0.29) is 25.9 Å². The fourth-order valence-corrected chi connectivity index (χ4v) is 3.35. The van der Waals surface area contributed by atoms with Gasteiger partial charge in [0.05, 0.1) is 24.6 Å². The fourth-order valence-electron chi connectivity index (χ4n) is 3.35. The molecule has 0 radical (unpaired) electrons. The molecule has 0 spiro atoms. The molecule has 13 heteroatoms. The summed E-state index contributed by atoms with van der Waals surface area (Å²) in [5.74, 6) is -2.32. The van der Waals surface area contributed by atoms with Crippen LogP contribution in [0.4, 0.5) is 26.7 Å². The summed E-state index contributed by atoms with van der Waals surface area (Å²) in [4.78, 5) is 16.9. The van der Waals surface area contributed by atoms with Crippen LogP contribution in [-0.2, 0) is 17.8 Å². The standard InChI is InChI=1S/C12H13F3N6O.C6H10F2.C3H8O/c13-12(14,15)9-6-20(11(22)19-9)4-7-1-10-18-8(2-16)5-21(10)17-3-7;7-6(8)4-2-1-3-5-6;1-3-4-2/h1,3,5,9H,2,4,6,16H2,(H,19,22);1-5H2;3H2,1-2H3/t9-;;/m0../s1. The van der Waals surface area contributed by atoms with Crippen LogP contribution in [0.1, 0.15) is 50.3 Å². The second-order valence-electron chi connectivity index (χ2n) is 8.02. The number of methoxy groups -OCH3 is 1. The number of urea groups is 1. The van der Waals surface area contributed by atoms with Gasteiger partial charge in [-0.1, -0.05) is 6.42 Å². The van der Waals surface area contributed by atoms with Crippen molar-refractivity contribution >= 4 is 11.7 Å². The average Bonchev–Trinajstić information content (AvgIpc) is 3.37. The van der Waals surface area contributed by atoms with Crippen molar-refractivity contribution in [3.63, 3.8) is 0 Å². The Morgan fingerprint density at radius 1 is 1.26 bits per heavy atom. The van der Waals surface area contributed by atoms with Crippen LogP contribution in [-0.4, -0.2) is 63.9 Å². The predicted molar refractivity (Wildman–Crippen MR) is 115 cm³/mol. The summed E-state index contributed by atoms with van der Waals surface area (Å²) in [6.07, 6.45) is 1.37. The summed E-state index contributed by atoms with van der Waals surface area (Å²) in [6, 6.07) is -0.916. The minimum absolute atomic E-state index is 0.0345. The Morgan fingerprint density at radius 2 is 1.91 bits per heavy atom. The molecule has 2 aliphatic rings. The molecule has 192 valence electrons. The van der Waals surface area contributed by atoms with Gasteiger partial charge in [0.25, 0.3) is 0 Å². The first kappa shape index (κ1) is 27.7. The maximum absolute atomic E-state index is 12.6. The van der Waals surface area contributed by atoms with Gasteiger partial charge in [0.15, 0.2) is 5.65 Å². The topological polar surface area (TPSA) is 97.8 Å². The highest BCUT2D eigenvalue weighted by molar-refractivity contribution is 5.77. The molecule has 8 nitrogen and oxygen atoms in total. The van der Waals surface area contributed by atoms with Gasteiger partial charge in [-0.15, -0.1) is 0 Å². The summed E-state index contributed by atoms with van der Waals surface area (Å²) in [7, 11) is 1.68. The number of halogens is 5. The normalized spacial score (nSPS) is 19.7. The number of imidazole rings is 1. The number of nitrogens with zero attached hydrogens (tertiary/aromatic N) is 4. The van der Waals surface area contributed by atoms with Crippen molar-refractivity contribution in [2.75, 3.05) is 20.3 Å². The van der Waals surface area contributed by atoms with Crippen LogP contribution in [0, 0.1) is 0 Å². The van der Waals surface area contributed by atoms with E-state index >= 15 is 0 Å². The van der Waals surface area contributed by atoms with Crippen LogP contribution in [0.5, 0.6) is 0 Å². The van der Waals surface area contributed by atoms with E-state index in [4.69, 9.17) is 5.73 Å². The quantitative estimate of drug-likeness (QED) is 0.629. The van der Waals surface area contributed by atoms with E-state index in [2.05, 4.69) is 14.8 Å². The zero-order valence-corrected chi connectivity index (χ0v) is 19.2. The zero-order chi connectivity index (χ0) is 25.4. The maximum Gasteiger partial charge on any atom is 0.410 e. The van der Waals surface area contributed by atoms with E-state index in [0.717, 1.165) is 17.9 Å². The first-order valence-corrected chi connectivity index (χ1v) is 11.0. The predicted octanol–water partition coefficient (Wildman–Crippen LogP) is 3.88. The molecule has 1 saturated carbocycles. The Labute approximate surface area is 194 Å². The van der Waals surface area contributed by atoms with Gasteiger partial charge in [0.1, 0.15) is 6.04 Å². The van der Waals surface area contributed by atoms with Gasteiger partial charge in [0, 0.05) is 39.6 Å². The van der Waals surface area contributed by atoms with E-state index in [1.54, 1.807) is 19.4 Å². The Morgan fingerprint density at radius 3 is 2.38 bits per heavy atom. The van der Waals surface area contributed by atoms with Crippen LogP contribution in [0.25, 0.3) is 5.65 Å². The van der Waals surface area contributed by atoms with E-state index in [9.17, 15) is 26.7 Å². The lowest BCUT2D eigenvalue weighted by Gasteiger charge is -2.20. The summed E-state index contributed by atoms with van der Waals surface area (Å²) < 4.78 is 68.3. The van der Waals surface area contributed by atoms with Crippen molar-refractivity contribution in [3.05, 3.63) is 29.7 Å². The number of alkyl halides is 5. The lowest BCUT2D eigenvalue weighted by atomic mass is 9.97. The molecule has 1 saturated heterocycles.